The number of nitrogens with one attached hydrogen (secondary N) is 1. The van der Waals surface area contributed by atoms with Crippen LogP contribution in [0.5, 0.6) is 0 Å². The molecule has 9 nitrogen and oxygen atoms in total. The topological polar surface area (TPSA) is 106 Å². The number of ether oxygens (including phenoxy) is 1. The van der Waals surface area contributed by atoms with Gasteiger partial charge in [-0.25, -0.2) is 14.8 Å². The number of rotatable bonds is 4. The van der Waals surface area contributed by atoms with Gasteiger partial charge in [0.05, 0.1) is 11.7 Å². The molecule has 1 N–H and O–H groups in total. The number of amides is 1. The van der Waals surface area contributed by atoms with Gasteiger partial charge in [0.15, 0.2) is 10.8 Å². The van der Waals surface area contributed by atoms with E-state index in [1.165, 1.54) is 29.1 Å². The molecule has 1 saturated heterocycles. The van der Waals surface area contributed by atoms with Crippen LogP contribution in [0.15, 0.2) is 29.6 Å². The summed E-state index contributed by atoms with van der Waals surface area (Å²) in [6.07, 6.45) is -5.91. The second-order valence-electron chi connectivity index (χ2n) is 6.17. The number of alkyl halides is 3. The summed E-state index contributed by atoms with van der Waals surface area (Å²) in [5, 5.41) is -0.285. The van der Waals surface area contributed by atoms with Gasteiger partial charge >= 0.3 is 12.3 Å². The van der Waals surface area contributed by atoms with Gasteiger partial charge in [0.25, 0.3) is 10.0 Å². The van der Waals surface area contributed by atoms with Gasteiger partial charge in [0.2, 0.25) is 6.10 Å². The predicted molar refractivity (Wildman–Crippen MR) is 91.3 cm³/mol. The number of anilines is 2. The van der Waals surface area contributed by atoms with Crippen LogP contribution in [0, 0.1) is 6.92 Å². The number of hydrogen-bond acceptors (Lipinski definition) is 6. The van der Waals surface area contributed by atoms with E-state index in [4.69, 9.17) is 0 Å². The van der Waals surface area contributed by atoms with Gasteiger partial charge in [-0.2, -0.15) is 21.6 Å². The van der Waals surface area contributed by atoms with E-state index in [1.54, 1.807) is 14.0 Å². The van der Waals surface area contributed by atoms with Gasteiger partial charge in [0.1, 0.15) is 5.82 Å². The van der Waals surface area contributed by atoms with Gasteiger partial charge in [0, 0.05) is 19.4 Å². The maximum Gasteiger partial charge on any atom is 0.427 e. The van der Waals surface area contributed by atoms with E-state index in [0.29, 0.717) is 10.7 Å². The number of aryl methyl sites for hydroxylation is 2. The average molecular weight is 419 g/mol. The lowest BCUT2D eigenvalue weighted by Gasteiger charge is -2.23. The minimum atomic E-state index is -4.77. The fourth-order valence-corrected chi connectivity index (χ4v) is 3.81. The molecule has 3 rings (SSSR count). The molecule has 1 aliphatic heterocycles. The van der Waals surface area contributed by atoms with Crippen molar-refractivity contribution in [2.45, 2.75) is 37.2 Å². The number of carbonyl (C=O) groups is 1. The van der Waals surface area contributed by atoms with Crippen molar-refractivity contribution in [3.63, 3.8) is 0 Å². The molecule has 2 aromatic heterocycles. The molecule has 152 valence electrons. The lowest BCUT2D eigenvalue weighted by molar-refractivity contribution is -0.198. The standard InChI is InChI=1S/C15H16F3N5O4S/c1-8-12(15(16,17)18)27-14(24)23(8)13-10(5-4-6-19-13)21-28(25,26)11-7-22(3)9(2)20-11/h4-8,12,21H,1-3H3/t8-,12-/m1/s1. The highest BCUT2D eigenvalue weighted by molar-refractivity contribution is 7.92. The molecule has 0 unspecified atom stereocenters. The highest BCUT2D eigenvalue weighted by Gasteiger charge is 2.55. The van der Waals surface area contributed by atoms with E-state index in [0.717, 1.165) is 6.92 Å². The van der Waals surface area contributed by atoms with Crippen molar-refractivity contribution in [3.05, 3.63) is 30.4 Å². The van der Waals surface area contributed by atoms with E-state index in [1.807, 2.05) is 0 Å². The van der Waals surface area contributed by atoms with E-state index in [-0.39, 0.29) is 16.5 Å². The SMILES string of the molecule is Cc1nc(S(=O)(=O)Nc2cccnc2N2C(=O)O[C@@H](C(F)(F)F)[C@H]2C)cn1C. The summed E-state index contributed by atoms with van der Waals surface area (Å²) in [6.45, 7) is 2.74. The van der Waals surface area contributed by atoms with Crippen molar-refractivity contribution >= 4 is 27.6 Å². The Morgan fingerprint density at radius 3 is 2.54 bits per heavy atom. The number of hydrogen-bond donors (Lipinski definition) is 1. The second-order valence-corrected chi connectivity index (χ2v) is 7.80. The second kappa shape index (κ2) is 6.65. The zero-order valence-corrected chi connectivity index (χ0v) is 15.7. The molecule has 1 aliphatic rings. The van der Waals surface area contributed by atoms with E-state index in [9.17, 15) is 26.4 Å². The highest BCUT2D eigenvalue weighted by atomic mass is 32.2. The fourth-order valence-electron chi connectivity index (χ4n) is 2.71. The molecule has 1 amide bonds. The van der Waals surface area contributed by atoms with Crippen molar-refractivity contribution in [1.82, 2.24) is 14.5 Å². The summed E-state index contributed by atoms with van der Waals surface area (Å²) < 4.78 is 72.5. The largest absolute Gasteiger partial charge is 0.434 e. The summed E-state index contributed by atoms with van der Waals surface area (Å²) in [7, 11) is -2.56. The minimum Gasteiger partial charge on any atom is -0.434 e. The molecule has 0 aromatic carbocycles. The van der Waals surface area contributed by atoms with E-state index in [2.05, 4.69) is 19.4 Å². The Morgan fingerprint density at radius 1 is 1.32 bits per heavy atom. The molecular formula is C15H16F3N5O4S. The van der Waals surface area contributed by atoms with Crippen molar-refractivity contribution in [2.75, 3.05) is 9.62 Å². The molecule has 28 heavy (non-hydrogen) atoms. The van der Waals surface area contributed by atoms with Crippen molar-refractivity contribution in [1.29, 1.82) is 0 Å². The number of imidazole rings is 1. The fraction of sp³-hybridized carbons (Fsp3) is 0.400. The molecule has 3 heterocycles. The maximum absolute atomic E-state index is 13.1. The molecule has 13 heteroatoms. The molecular weight excluding hydrogens is 403 g/mol. The van der Waals surface area contributed by atoms with Crippen LogP contribution in [0.3, 0.4) is 0 Å². The van der Waals surface area contributed by atoms with Gasteiger partial charge in [-0.3, -0.25) is 9.62 Å². The van der Waals surface area contributed by atoms with Gasteiger partial charge in [-0.05, 0) is 26.0 Å². The normalized spacial score (nSPS) is 20.4. The Bertz CT molecular complexity index is 1000. The number of aromatic nitrogens is 3. The quantitative estimate of drug-likeness (QED) is 0.814. The van der Waals surface area contributed by atoms with Crippen LogP contribution in [0.1, 0.15) is 12.7 Å². The first kappa shape index (κ1) is 19.9. The van der Waals surface area contributed by atoms with E-state index < -0.39 is 34.4 Å². The Balaban J connectivity index is 1.97. The van der Waals surface area contributed by atoms with E-state index >= 15 is 0 Å². The maximum atomic E-state index is 13.1. The minimum absolute atomic E-state index is 0.183. The number of sulfonamides is 1. The zero-order valence-electron chi connectivity index (χ0n) is 14.9. The molecule has 1 fully saturated rings. The molecule has 2 aromatic rings. The van der Waals surface area contributed by atoms with Gasteiger partial charge < -0.3 is 9.30 Å². The Kier molecular flexibility index (Phi) is 4.73. The van der Waals surface area contributed by atoms with Crippen LogP contribution in [0.25, 0.3) is 0 Å². The first-order valence-corrected chi connectivity index (χ1v) is 9.44. The van der Waals surface area contributed by atoms with Crippen LogP contribution in [-0.4, -0.2) is 47.4 Å². The van der Waals surface area contributed by atoms with Crippen molar-refractivity contribution in [3.8, 4) is 0 Å². The summed E-state index contributed by atoms with van der Waals surface area (Å²) in [4.78, 5) is 20.5. The number of halogens is 3. The molecule has 0 bridgehead atoms. The van der Waals surface area contributed by atoms with Crippen LogP contribution in [0.4, 0.5) is 29.5 Å². The van der Waals surface area contributed by atoms with Crippen LogP contribution >= 0.6 is 0 Å². The molecule has 0 saturated carbocycles. The average Bonchev–Trinajstić information content (AvgIpc) is 3.08. The van der Waals surface area contributed by atoms with Gasteiger partial charge in [-0.15, -0.1) is 0 Å². The summed E-state index contributed by atoms with van der Waals surface area (Å²) in [5.41, 5.74) is -0.183. The third-order valence-corrected chi connectivity index (χ3v) is 5.45. The first-order valence-electron chi connectivity index (χ1n) is 7.96. The number of nitrogens with zero attached hydrogens (tertiary/aromatic N) is 4. The lowest BCUT2D eigenvalue weighted by atomic mass is 10.1. The molecule has 0 aliphatic carbocycles. The number of carbonyl (C=O) groups excluding carboxylic acids is 1. The van der Waals surface area contributed by atoms with Crippen LogP contribution in [0.2, 0.25) is 0 Å². The summed E-state index contributed by atoms with van der Waals surface area (Å²) in [5.74, 6) is 0.138. The Morgan fingerprint density at radius 2 is 2.00 bits per heavy atom. The molecule has 0 spiro atoms. The molecule has 2 atom stereocenters. The first-order chi connectivity index (χ1) is 12.9. The van der Waals surface area contributed by atoms with Crippen molar-refractivity contribution in [2.24, 2.45) is 7.05 Å². The number of pyridine rings is 1. The Labute approximate surface area is 158 Å². The summed E-state index contributed by atoms with van der Waals surface area (Å²) >= 11 is 0. The highest BCUT2D eigenvalue weighted by Crippen LogP contribution is 2.37. The number of cyclic esters (lactones) is 1. The van der Waals surface area contributed by atoms with Crippen LogP contribution < -0.4 is 9.62 Å². The molecule has 0 radical (unpaired) electrons. The smallest absolute Gasteiger partial charge is 0.427 e. The lowest BCUT2D eigenvalue weighted by Crippen LogP contribution is -2.41. The summed E-state index contributed by atoms with van der Waals surface area (Å²) in [6, 6.07) is 1.21. The zero-order chi connectivity index (χ0) is 20.9. The monoisotopic (exact) mass is 419 g/mol. The van der Waals surface area contributed by atoms with Crippen molar-refractivity contribution < 1.29 is 31.1 Å². The third-order valence-electron chi connectivity index (χ3n) is 4.21. The van der Waals surface area contributed by atoms with Crippen LogP contribution in [-0.2, 0) is 21.8 Å². The third kappa shape index (κ3) is 3.48. The van der Waals surface area contributed by atoms with Gasteiger partial charge in [-0.1, -0.05) is 0 Å². The predicted octanol–water partition coefficient (Wildman–Crippen LogP) is 2.20. The Hall–Kier alpha value is -2.83.